The number of benzene rings is 3. The summed E-state index contributed by atoms with van der Waals surface area (Å²) in [6.07, 6.45) is 3.86. The molecule has 1 N–H and O–H groups in total. The van der Waals surface area contributed by atoms with Crippen LogP contribution in [-0.2, 0) is 13.0 Å². The monoisotopic (exact) mass is 506 g/mol. The smallest absolute Gasteiger partial charge is 0.307 e. The molecule has 0 aliphatic rings. The van der Waals surface area contributed by atoms with Crippen molar-refractivity contribution in [2.45, 2.75) is 13.0 Å². The number of carbonyl (C=O) groups is 1. The van der Waals surface area contributed by atoms with Gasteiger partial charge in [0.2, 0.25) is 0 Å². The first-order valence-electron chi connectivity index (χ1n) is 10.2. The van der Waals surface area contributed by atoms with Gasteiger partial charge < -0.3 is 9.15 Å². The molecule has 0 bridgehead atoms. The van der Waals surface area contributed by atoms with Gasteiger partial charge in [-0.1, -0.05) is 36.4 Å². The summed E-state index contributed by atoms with van der Waals surface area (Å²) in [6.45, 7) is 4.03. The molecule has 33 heavy (non-hydrogen) atoms. The van der Waals surface area contributed by atoms with Crippen molar-refractivity contribution in [3.05, 3.63) is 112 Å². The summed E-state index contributed by atoms with van der Waals surface area (Å²) in [4.78, 5) is 12.4. The minimum absolute atomic E-state index is 0.183. The zero-order valence-corrected chi connectivity index (χ0v) is 19.1. The SMILES string of the molecule is C=CCc1cc(/C=N/NC(=O)c2cc3ccccc3o2)cc(Br)c1OCc1cccc(F)c1. The number of hydrogen-bond acceptors (Lipinski definition) is 4. The van der Waals surface area contributed by atoms with E-state index in [-0.39, 0.29) is 18.2 Å². The highest BCUT2D eigenvalue weighted by Gasteiger charge is 2.12. The second kappa shape index (κ2) is 10.3. The lowest BCUT2D eigenvalue weighted by molar-refractivity contribution is 0.0929. The highest BCUT2D eigenvalue weighted by atomic mass is 79.9. The van der Waals surface area contributed by atoms with E-state index in [2.05, 4.69) is 33.0 Å². The van der Waals surface area contributed by atoms with Gasteiger partial charge in [-0.15, -0.1) is 6.58 Å². The molecular formula is C26H20BrFN2O3. The number of amides is 1. The maximum Gasteiger partial charge on any atom is 0.307 e. The molecule has 1 aromatic heterocycles. The van der Waals surface area contributed by atoms with Crippen molar-refractivity contribution in [2.75, 3.05) is 0 Å². The van der Waals surface area contributed by atoms with E-state index in [1.807, 2.05) is 30.3 Å². The minimum Gasteiger partial charge on any atom is -0.487 e. The molecule has 0 fully saturated rings. The van der Waals surface area contributed by atoms with Gasteiger partial charge in [-0.2, -0.15) is 5.10 Å². The summed E-state index contributed by atoms with van der Waals surface area (Å²) in [5.41, 5.74) is 5.47. The lowest BCUT2D eigenvalue weighted by Crippen LogP contribution is -2.16. The van der Waals surface area contributed by atoms with Crippen LogP contribution in [0.2, 0.25) is 0 Å². The van der Waals surface area contributed by atoms with Gasteiger partial charge in [0.05, 0.1) is 10.7 Å². The summed E-state index contributed by atoms with van der Waals surface area (Å²) in [6, 6.07) is 19.1. The summed E-state index contributed by atoms with van der Waals surface area (Å²) < 4.78 is 25.6. The standard InChI is InChI=1S/C26H20BrFN2O3/c1-2-6-20-11-18(13-22(27)25(20)32-16-17-7-5-9-21(28)12-17)15-29-30-26(31)24-14-19-8-3-4-10-23(19)33-24/h2-5,7-15H,1,6,16H2,(H,30,31)/b29-15+. The average molecular weight is 507 g/mol. The summed E-state index contributed by atoms with van der Waals surface area (Å²) >= 11 is 3.54. The third-order valence-corrected chi connectivity index (χ3v) is 5.40. The van der Waals surface area contributed by atoms with Gasteiger partial charge >= 0.3 is 5.91 Å². The second-order valence-corrected chi connectivity index (χ2v) is 8.10. The molecule has 0 saturated heterocycles. The number of rotatable bonds is 8. The van der Waals surface area contributed by atoms with Gasteiger partial charge in [0, 0.05) is 5.39 Å². The van der Waals surface area contributed by atoms with Crippen molar-refractivity contribution in [3.63, 3.8) is 0 Å². The molecule has 0 spiro atoms. The maximum atomic E-state index is 13.4. The van der Waals surface area contributed by atoms with E-state index in [1.54, 1.807) is 30.3 Å². The summed E-state index contributed by atoms with van der Waals surface area (Å²) in [5, 5.41) is 4.90. The third-order valence-electron chi connectivity index (χ3n) is 4.81. The zero-order chi connectivity index (χ0) is 23.2. The Balaban J connectivity index is 1.47. The lowest BCUT2D eigenvalue weighted by Gasteiger charge is -2.14. The molecule has 0 aliphatic carbocycles. The third kappa shape index (κ3) is 5.56. The zero-order valence-electron chi connectivity index (χ0n) is 17.6. The number of nitrogens with zero attached hydrogens (tertiary/aromatic N) is 1. The van der Waals surface area contributed by atoms with Crippen molar-refractivity contribution in [2.24, 2.45) is 5.10 Å². The van der Waals surface area contributed by atoms with Gasteiger partial charge in [-0.3, -0.25) is 4.79 Å². The molecule has 5 nitrogen and oxygen atoms in total. The number of carbonyl (C=O) groups excluding carboxylic acids is 1. The van der Waals surface area contributed by atoms with E-state index in [1.165, 1.54) is 18.3 Å². The van der Waals surface area contributed by atoms with Crippen molar-refractivity contribution in [1.82, 2.24) is 5.43 Å². The van der Waals surface area contributed by atoms with Crippen LogP contribution < -0.4 is 10.2 Å². The van der Waals surface area contributed by atoms with E-state index >= 15 is 0 Å². The van der Waals surface area contributed by atoms with Crippen LogP contribution in [0.25, 0.3) is 11.0 Å². The topological polar surface area (TPSA) is 63.8 Å². The Labute approximate surface area is 198 Å². The minimum atomic E-state index is -0.442. The lowest BCUT2D eigenvalue weighted by atomic mass is 10.1. The molecule has 1 amide bonds. The van der Waals surface area contributed by atoms with Gasteiger partial charge in [0.25, 0.3) is 0 Å². The molecule has 3 aromatic carbocycles. The number of allylic oxidation sites excluding steroid dienone is 1. The van der Waals surface area contributed by atoms with Crippen LogP contribution in [0.3, 0.4) is 0 Å². The van der Waals surface area contributed by atoms with Crippen LogP contribution in [0.4, 0.5) is 4.39 Å². The number of halogens is 2. The largest absolute Gasteiger partial charge is 0.487 e. The molecular weight excluding hydrogens is 487 g/mol. The first kappa shape index (κ1) is 22.5. The van der Waals surface area contributed by atoms with Crippen LogP contribution in [0.5, 0.6) is 5.75 Å². The van der Waals surface area contributed by atoms with E-state index < -0.39 is 5.91 Å². The van der Waals surface area contributed by atoms with Crippen LogP contribution in [0.1, 0.15) is 27.2 Å². The summed E-state index contributed by atoms with van der Waals surface area (Å²) in [7, 11) is 0. The molecule has 0 saturated carbocycles. The van der Waals surface area contributed by atoms with Crippen LogP contribution in [0.15, 0.2) is 93.4 Å². The molecule has 0 atom stereocenters. The first-order valence-corrected chi connectivity index (χ1v) is 11.0. The predicted octanol–water partition coefficient (Wildman–Crippen LogP) is 6.41. The molecule has 0 unspecified atom stereocenters. The molecule has 7 heteroatoms. The molecule has 4 rings (SSSR count). The fourth-order valence-electron chi connectivity index (χ4n) is 3.31. The van der Waals surface area contributed by atoms with E-state index in [4.69, 9.17) is 9.15 Å². The Morgan fingerprint density at radius 2 is 2.00 bits per heavy atom. The number of ether oxygens (including phenoxy) is 1. The van der Waals surface area contributed by atoms with Crippen molar-refractivity contribution in [1.29, 1.82) is 0 Å². The first-order chi connectivity index (χ1) is 16.0. The van der Waals surface area contributed by atoms with Gasteiger partial charge in [0.1, 0.15) is 23.8 Å². The number of hydrazone groups is 1. The number of fused-ring (bicyclic) bond motifs is 1. The van der Waals surface area contributed by atoms with E-state index in [0.29, 0.717) is 22.2 Å². The molecule has 166 valence electrons. The Morgan fingerprint density at radius 1 is 1.15 bits per heavy atom. The molecule has 0 aliphatic heterocycles. The quantitative estimate of drug-likeness (QED) is 0.170. The average Bonchev–Trinajstić information content (AvgIpc) is 3.23. The highest BCUT2D eigenvalue weighted by Crippen LogP contribution is 2.32. The Morgan fingerprint density at radius 3 is 2.79 bits per heavy atom. The van der Waals surface area contributed by atoms with Crippen molar-refractivity contribution in [3.8, 4) is 5.75 Å². The number of para-hydroxylation sites is 1. The highest BCUT2D eigenvalue weighted by molar-refractivity contribution is 9.10. The van der Waals surface area contributed by atoms with E-state index in [9.17, 15) is 9.18 Å². The van der Waals surface area contributed by atoms with Gasteiger partial charge in [-0.25, -0.2) is 9.82 Å². The Bertz CT molecular complexity index is 1310. The Kier molecular flexibility index (Phi) is 7.00. The number of nitrogens with one attached hydrogen (secondary N) is 1. The van der Waals surface area contributed by atoms with Crippen LogP contribution in [-0.4, -0.2) is 12.1 Å². The van der Waals surface area contributed by atoms with Crippen molar-refractivity contribution < 1.29 is 18.3 Å². The fourth-order valence-corrected chi connectivity index (χ4v) is 3.95. The van der Waals surface area contributed by atoms with Gasteiger partial charge in [0.15, 0.2) is 5.76 Å². The van der Waals surface area contributed by atoms with Crippen LogP contribution >= 0.6 is 15.9 Å². The van der Waals surface area contributed by atoms with Crippen molar-refractivity contribution >= 4 is 39.0 Å². The second-order valence-electron chi connectivity index (χ2n) is 7.25. The predicted molar refractivity (Wildman–Crippen MR) is 130 cm³/mol. The molecule has 1 heterocycles. The number of hydrogen-bond donors (Lipinski definition) is 1. The normalized spacial score (nSPS) is 11.1. The molecule has 4 aromatic rings. The van der Waals surface area contributed by atoms with E-state index in [0.717, 1.165) is 22.1 Å². The number of furan rings is 1. The fraction of sp³-hybridized carbons (Fsp3) is 0.0769. The van der Waals surface area contributed by atoms with Gasteiger partial charge in [-0.05, 0) is 75.4 Å². The molecule has 0 radical (unpaired) electrons. The summed E-state index contributed by atoms with van der Waals surface area (Å²) in [5.74, 6) is 0.0752. The Hall–Kier alpha value is -3.71. The maximum absolute atomic E-state index is 13.4. The van der Waals surface area contributed by atoms with Crippen LogP contribution in [0, 0.1) is 5.82 Å².